The molecule has 2 saturated heterocycles. The summed E-state index contributed by atoms with van der Waals surface area (Å²) >= 11 is 0. The number of benzene rings is 2. The van der Waals surface area contributed by atoms with Gasteiger partial charge in [-0.05, 0) is 42.2 Å². The van der Waals surface area contributed by atoms with E-state index in [1.165, 1.54) is 23.5 Å². The third-order valence-electron chi connectivity index (χ3n) is 7.58. The number of sulfonamides is 1. The van der Waals surface area contributed by atoms with Crippen LogP contribution in [0.4, 0.5) is 0 Å². The molecule has 0 radical (unpaired) electrons. The number of fused-ring (bicyclic) bond motifs is 1. The lowest BCUT2D eigenvalue weighted by atomic mass is 9.90. The second-order valence-corrected chi connectivity index (χ2v) is 13.0. The minimum Gasteiger partial charge on any atom is -0.497 e. The molecule has 10 nitrogen and oxygen atoms in total. The van der Waals surface area contributed by atoms with Crippen LogP contribution in [0.2, 0.25) is 0 Å². The number of rotatable bonds is 14. The van der Waals surface area contributed by atoms with Gasteiger partial charge in [-0.1, -0.05) is 44.2 Å². The van der Waals surface area contributed by atoms with Gasteiger partial charge in [0.2, 0.25) is 10.0 Å². The topological polar surface area (TPSA) is 121 Å². The lowest BCUT2D eigenvalue weighted by molar-refractivity contribution is -0.154. The van der Waals surface area contributed by atoms with Gasteiger partial charge >= 0.3 is 5.97 Å². The Kier molecular flexibility index (Phi) is 10.8. The average molecular weight is 592 g/mol. The Bertz CT molecular complexity index is 1220. The predicted octanol–water partition coefficient (Wildman–Crippen LogP) is 2.88. The van der Waals surface area contributed by atoms with Crippen LogP contribution < -0.4 is 4.74 Å². The summed E-state index contributed by atoms with van der Waals surface area (Å²) in [5, 5.41) is 11.5. The van der Waals surface area contributed by atoms with Crippen LogP contribution in [-0.2, 0) is 40.2 Å². The van der Waals surface area contributed by atoms with Gasteiger partial charge in [0, 0.05) is 26.1 Å². The Morgan fingerprint density at radius 3 is 2.27 bits per heavy atom. The third-order valence-corrected chi connectivity index (χ3v) is 9.42. The maximum absolute atomic E-state index is 13.6. The number of aliphatic hydroxyl groups is 1. The standard InChI is InChI=1S/C30H41NO9S/c1-20(2)16-31(41(34,35)24-12-10-23(36-3)11-13-24)17-25(32)22(14-21-8-6-5-7-9-21)15-28(33)40-27-19-39-30-29(27)26(37-4)18-38-30/h5-13,20,22,25-27,29-30,32H,14-19H2,1-4H3/t22-,25-,26-,27+,29+,30-/m1/s1. The average Bonchev–Trinajstić information content (AvgIpc) is 3.55. The molecule has 2 aliphatic rings. The number of ether oxygens (including phenoxy) is 5. The monoisotopic (exact) mass is 591 g/mol. The Hall–Kier alpha value is -2.54. The van der Waals surface area contributed by atoms with Gasteiger partial charge in [0.05, 0.1) is 49.8 Å². The molecule has 0 bridgehead atoms. The smallest absolute Gasteiger partial charge is 0.306 e. The van der Waals surface area contributed by atoms with E-state index < -0.39 is 40.4 Å². The molecular weight excluding hydrogens is 550 g/mol. The van der Waals surface area contributed by atoms with Gasteiger partial charge in [-0.25, -0.2) is 8.42 Å². The number of hydrogen-bond donors (Lipinski definition) is 1. The summed E-state index contributed by atoms with van der Waals surface area (Å²) in [6.07, 6.45) is -2.10. The Labute approximate surface area is 242 Å². The van der Waals surface area contributed by atoms with Crippen LogP contribution in [-0.4, -0.2) is 88.9 Å². The highest BCUT2D eigenvalue weighted by atomic mass is 32.2. The first-order valence-corrected chi connectivity index (χ1v) is 15.4. The molecule has 0 amide bonds. The molecule has 11 heteroatoms. The van der Waals surface area contributed by atoms with Crippen molar-refractivity contribution in [2.75, 3.05) is 40.5 Å². The number of carbonyl (C=O) groups excluding carboxylic acids is 1. The van der Waals surface area contributed by atoms with Crippen molar-refractivity contribution < 1.29 is 42.0 Å². The van der Waals surface area contributed by atoms with E-state index in [1.54, 1.807) is 19.2 Å². The molecule has 2 aromatic rings. The summed E-state index contributed by atoms with van der Waals surface area (Å²) in [7, 11) is -0.833. The lowest BCUT2D eigenvalue weighted by Crippen LogP contribution is -2.43. The van der Waals surface area contributed by atoms with Crippen molar-refractivity contribution in [1.82, 2.24) is 4.31 Å². The fourth-order valence-electron chi connectivity index (χ4n) is 5.42. The lowest BCUT2D eigenvalue weighted by Gasteiger charge is -2.30. The fraction of sp³-hybridized carbons (Fsp3) is 0.567. The quantitative estimate of drug-likeness (QED) is 0.331. The second-order valence-electron chi connectivity index (χ2n) is 11.0. The summed E-state index contributed by atoms with van der Waals surface area (Å²) in [4.78, 5) is 13.3. The molecule has 0 spiro atoms. The molecular formula is C30H41NO9S. The highest BCUT2D eigenvalue weighted by molar-refractivity contribution is 7.89. The zero-order valence-electron chi connectivity index (χ0n) is 24.0. The first-order valence-electron chi connectivity index (χ1n) is 13.9. The number of esters is 1. The molecule has 0 saturated carbocycles. The second kappa shape index (κ2) is 14.1. The van der Waals surface area contributed by atoms with E-state index in [0.29, 0.717) is 18.8 Å². The highest BCUT2D eigenvalue weighted by Gasteiger charge is 2.50. The minimum absolute atomic E-state index is 0.00503. The highest BCUT2D eigenvalue weighted by Crippen LogP contribution is 2.35. The van der Waals surface area contributed by atoms with E-state index in [-0.39, 0.29) is 49.0 Å². The van der Waals surface area contributed by atoms with Crippen molar-refractivity contribution in [2.45, 2.75) is 56.2 Å². The minimum atomic E-state index is -3.93. The van der Waals surface area contributed by atoms with Crippen LogP contribution in [0.5, 0.6) is 5.75 Å². The summed E-state index contributed by atoms with van der Waals surface area (Å²) in [5.74, 6) is -0.764. The maximum atomic E-state index is 13.6. The van der Waals surface area contributed by atoms with E-state index >= 15 is 0 Å². The van der Waals surface area contributed by atoms with Gasteiger partial charge in [0.1, 0.15) is 11.9 Å². The van der Waals surface area contributed by atoms with Crippen LogP contribution in [0, 0.1) is 17.8 Å². The van der Waals surface area contributed by atoms with E-state index in [9.17, 15) is 18.3 Å². The molecule has 2 aromatic carbocycles. The molecule has 2 aliphatic heterocycles. The first kappa shape index (κ1) is 31.4. The SMILES string of the molecule is COc1ccc(S(=O)(=O)N(CC(C)C)C[C@@H](O)[C@@H](CC(=O)O[C@H]2CO[C@H]3OC[C@@H](OC)[C@H]32)Cc2ccccc2)cc1. The van der Waals surface area contributed by atoms with Crippen molar-refractivity contribution in [2.24, 2.45) is 17.8 Å². The number of nitrogens with zero attached hydrogens (tertiary/aromatic N) is 1. The van der Waals surface area contributed by atoms with Gasteiger partial charge in [-0.2, -0.15) is 4.31 Å². The molecule has 2 fully saturated rings. The fourth-order valence-corrected chi connectivity index (χ4v) is 7.05. The van der Waals surface area contributed by atoms with E-state index in [0.717, 1.165) is 5.56 Å². The van der Waals surface area contributed by atoms with Crippen LogP contribution in [0.25, 0.3) is 0 Å². The van der Waals surface area contributed by atoms with Gasteiger partial charge in [0.25, 0.3) is 0 Å². The Morgan fingerprint density at radius 2 is 1.66 bits per heavy atom. The summed E-state index contributed by atoms with van der Waals surface area (Å²) in [6.45, 7) is 4.43. The van der Waals surface area contributed by atoms with Crippen LogP contribution >= 0.6 is 0 Å². The van der Waals surface area contributed by atoms with Gasteiger partial charge < -0.3 is 28.8 Å². The van der Waals surface area contributed by atoms with Crippen molar-refractivity contribution in [3.63, 3.8) is 0 Å². The normalized spacial score (nSPS) is 23.9. The van der Waals surface area contributed by atoms with Gasteiger partial charge in [-0.15, -0.1) is 0 Å². The largest absolute Gasteiger partial charge is 0.497 e. The maximum Gasteiger partial charge on any atom is 0.306 e. The number of carbonyl (C=O) groups is 1. The molecule has 6 atom stereocenters. The Morgan fingerprint density at radius 1 is 1.00 bits per heavy atom. The molecule has 0 unspecified atom stereocenters. The molecule has 2 heterocycles. The zero-order chi connectivity index (χ0) is 29.6. The van der Waals surface area contributed by atoms with Gasteiger partial charge in [-0.3, -0.25) is 4.79 Å². The molecule has 0 aliphatic carbocycles. The first-order chi connectivity index (χ1) is 19.6. The molecule has 41 heavy (non-hydrogen) atoms. The molecule has 226 valence electrons. The van der Waals surface area contributed by atoms with E-state index in [4.69, 9.17) is 23.7 Å². The van der Waals surface area contributed by atoms with Crippen LogP contribution in [0.1, 0.15) is 25.8 Å². The van der Waals surface area contributed by atoms with Crippen LogP contribution in [0.15, 0.2) is 59.5 Å². The summed E-state index contributed by atoms with van der Waals surface area (Å²) in [5.41, 5.74) is 0.922. The molecule has 0 aromatic heterocycles. The molecule has 1 N–H and O–H groups in total. The van der Waals surface area contributed by atoms with Crippen molar-refractivity contribution in [3.05, 3.63) is 60.2 Å². The third kappa shape index (κ3) is 7.85. The van der Waals surface area contributed by atoms with Crippen molar-refractivity contribution in [3.8, 4) is 5.75 Å². The van der Waals surface area contributed by atoms with E-state index in [2.05, 4.69) is 0 Å². The van der Waals surface area contributed by atoms with Gasteiger partial charge in [0.15, 0.2) is 6.29 Å². The Balaban J connectivity index is 1.51. The van der Waals surface area contributed by atoms with Crippen molar-refractivity contribution >= 4 is 16.0 Å². The zero-order valence-corrected chi connectivity index (χ0v) is 24.9. The summed E-state index contributed by atoms with van der Waals surface area (Å²) < 4.78 is 56.3. The number of aliphatic hydroxyl groups excluding tert-OH is 1. The van der Waals surface area contributed by atoms with E-state index in [1.807, 2.05) is 44.2 Å². The van der Waals surface area contributed by atoms with Crippen molar-refractivity contribution in [1.29, 1.82) is 0 Å². The predicted molar refractivity (Wildman–Crippen MR) is 151 cm³/mol. The number of methoxy groups -OCH3 is 2. The summed E-state index contributed by atoms with van der Waals surface area (Å²) in [6, 6.07) is 15.7. The molecule has 4 rings (SSSR count). The van der Waals surface area contributed by atoms with Crippen LogP contribution in [0.3, 0.4) is 0 Å². The number of hydrogen-bond acceptors (Lipinski definition) is 9.